The van der Waals surface area contributed by atoms with Crippen LogP contribution in [0.1, 0.15) is 76.2 Å². The van der Waals surface area contributed by atoms with Crippen molar-refractivity contribution < 1.29 is 33.4 Å². The number of benzene rings is 1. The van der Waals surface area contributed by atoms with E-state index in [-0.39, 0.29) is 35.9 Å². The number of carbonyl (C=O) groups is 5. The summed E-state index contributed by atoms with van der Waals surface area (Å²) >= 11 is 0. The monoisotopic (exact) mass is 579 g/mol. The van der Waals surface area contributed by atoms with Gasteiger partial charge in [-0.05, 0) is 82.9 Å². The Morgan fingerprint density at radius 1 is 1.12 bits per heavy atom. The van der Waals surface area contributed by atoms with Crippen LogP contribution in [0.25, 0.3) is 10.9 Å². The average Bonchev–Trinajstić information content (AvgIpc) is 3.73. The van der Waals surface area contributed by atoms with E-state index in [0.29, 0.717) is 30.8 Å². The van der Waals surface area contributed by atoms with Crippen molar-refractivity contribution in [2.45, 2.75) is 77.8 Å². The zero-order valence-electron chi connectivity index (χ0n) is 24.9. The Hall–Kier alpha value is -3.69. The van der Waals surface area contributed by atoms with Crippen LogP contribution in [0.5, 0.6) is 5.75 Å². The Labute approximate surface area is 245 Å². The van der Waals surface area contributed by atoms with Gasteiger partial charge < -0.3 is 24.7 Å². The van der Waals surface area contributed by atoms with Crippen LogP contribution in [0.15, 0.2) is 24.3 Å². The molecule has 1 saturated heterocycles. The number of rotatable bonds is 9. The first-order valence-electron chi connectivity index (χ1n) is 15.0. The molecule has 2 amide bonds. The van der Waals surface area contributed by atoms with Gasteiger partial charge >= 0.3 is 5.97 Å². The lowest BCUT2D eigenvalue weighted by Crippen LogP contribution is -2.54. The smallest absolute Gasteiger partial charge is 0.311 e. The predicted octanol–water partition coefficient (Wildman–Crippen LogP) is 3.82. The third-order valence-electron chi connectivity index (χ3n) is 9.11. The summed E-state index contributed by atoms with van der Waals surface area (Å²) in [5.41, 5.74) is 0.343. The van der Waals surface area contributed by atoms with Crippen LogP contribution in [-0.4, -0.2) is 71.6 Å². The van der Waals surface area contributed by atoms with E-state index in [0.717, 1.165) is 36.6 Å². The van der Waals surface area contributed by atoms with Crippen molar-refractivity contribution in [1.82, 2.24) is 15.2 Å². The van der Waals surface area contributed by atoms with E-state index in [1.54, 1.807) is 38.8 Å². The number of amides is 2. The maximum absolute atomic E-state index is 14.0. The Morgan fingerprint density at radius 2 is 1.90 bits per heavy atom. The minimum Gasteiger partial charge on any atom is -0.496 e. The molecule has 0 radical (unpaired) electrons. The molecule has 10 nitrogen and oxygen atoms in total. The number of hydrogen-bond donors (Lipinski definition) is 2. The number of ketones is 2. The highest BCUT2D eigenvalue weighted by Crippen LogP contribution is 2.43. The van der Waals surface area contributed by atoms with Gasteiger partial charge in [-0.1, -0.05) is 12.5 Å². The molecule has 2 N–H and O–H groups in total. The van der Waals surface area contributed by atoms with Crippen LogP contribution < -0.4 is 10.1 Å². The van der Waals surface area contributed by atoms with Gasteiger partial charge in [0.1, 0.15) is 23.3 Å². The number of fused-ring (bicyclic) bond motifs is 2. The van der Waals surface area contributed by atoms with E-state index in [1.807, 2.05) is 18.2 Å². The molecule has 1 aliphatic heterocycles. The van der Waals surface area contributed by atoms with Crippen LogP contribution in [0, 0.1) is 23.2 Å². The minimum absolute atomic E-state index is 0.0181. The topological polar surface area (TPSA) is 135 Å². The molecule has 10 heteroatoms. The lowest BCUT2D eigenvalue weighted by molar-refractivity contribution is -0.156. The third kappa shape index (κ3) is 5.94. The largest absolute Gasteiger partial charge is 0.496 e. The number of aromatic nitrogens is 1. The number of nitrogens with zero attached hydrogens (tertiary/aromatic N) is 1. The molecule has 5 rings (SSSR count). The first-order chi connectivity index (χ1) is 20.0. The van der Waals surface area contributed by atoms with E-state index in [4.69, 9.17) is 9.47 Å². The lowest BCUT2D eigenvalue weighted by atomic mass is 9.91. The lowest BCUT2D eigenvalue weighted by Gasteiger charge is -2.29. The van der Waals surface area contributed by atoms with E-state index in [1.165, 1.54) is 0 Å². The summed E-state index contributed by atoms with van der Waals surface area (Å²) in [6.07, 6.45) is 4.75. The standard InChI is InChI=1S/C32H41N3O7/c1-32(2,3)31(40)42-17-26(37)23(14-18-8-6-12-25(18)36)34-29(38)28-20-10-5-9-19(20)16-35(28)30(39)24-15-21-22(33-24)11-7-13-27(21)41-4/h7,11,13,15,18-20,23,28,33H,5-6,8-10,12,14,16-17H2,1-4H3,(H,34,38). The molecule has 42 heavy (non-hydrogen) atoms. The number of nitrogens with one attached hydrogen (secondary N) is 2. The summed E-state index contributed by atoms with van der Waals surface area (Å²) in [6, 6.07) is 5.54. The van der Waals surface area contributed by atoms with Crippen molar-refractivity contribution in [3.8, 4) is 5.75 Å². The maximum Gasteiger partial charge on any atom is 0.311 e. The number of Topliss-reactive ketones (excluding diaryl/α,β-unsaturated/α-hetero) is 2. The fourth-order valence-corrected chi connectivity index (χ4v) is 6.83. The number of hydrogen-bond acceptors (Lipinski definition) is 7. The third-order valence-corrected chi connectivity index (χ3v) is 9.11. The molecule has 0 bridgehead atoms. The van der Waals surface area contributed by atoms with Gasteiger partial charge in [-0.25, -0.2) is 0 Å². The molecule has 2 saturated carbocycles. The second-order valence-electron chi connectivity index (χ2n) is 13.0. The van der Waals surface area contributed by atoms with E-state index >= 15 is 0 Å². The van der Waals surface area contributed by atoms with Crippen molar-refractivity contribution >= 4 is 40.3 Å². The Balaban J connectivity index is 1.37. The van der Waals surface area contributed by atoms with Gasteiger partial charge in [0.2, 0.25) is 5.91 Å². The second-order valence-corrected chi connectivity index (χ2v) is 13.0. The quantitative estimate of drug-likeness (QED) is 0.431. The van der Waals surface area contributed by atoms with Crippen LogP contribution in [-0.2, 0) is 23.9 Å². The fraction of sp³-hybridized carbons (Fsp3) is 0.594. The van der Waals surface area contributed by atoms with Gasteiger partial charge in [-0.2, -0.15) is 0 Å². The molecule has 1 aromatic carbocycles. The molecule has 2 aliphatic carbocycles. The van der Waals surface area contributed by atoms with Crippen LogP contribution >= 0.6 is 0 Å². The van der Waals surface area contributed by atoms with E-state index in [2.05, 4.69) is 10.3 Å². The summed E-state index contributed by atoms with van der Waals surface area (Å²) in [5.74, 6) is -1.09. The van der Waals surface area contributed by atoms with Gasteiger partial charge in [0.15, 0.2) is 12.4 Å². The molecule has 2 heterocycles. The van der Waals surface area contributed by atoms with E-state index in [9.17, 15) is 24.0 Å². The predicted molar refractivity (Wildman–Crippen MR) is 155 cm³/mol. The maximum atomic E-state index is 14.0. The Morgan fingerprint density at radius 3 is 2.60 bits per heavy atom. The van der Waals surface area contributed by atoms with Crippen molar-refractivity contribution in [1.29, 1.82) is 0 Å². The van der Waals surface area contributed by atoms with Crippen LogP contribution in [0.4, 0.5) is 0 Å². The first kappa shape index (κ1) is 29.8. The highest BCUT2D eigenvalue weighted by molar-refractivity contribution is 6.02. The molecule has 5 unspecified atom stereocenters. The SMILES string of the molecule is COc1cccc2[nH]c(C(=O)N3CC4CCCC4C3C(=O)NC(CC3CCCC3=O)C(=O)COC(=O)C(C)(C)C)cc12. The van der Waals surface area contributed by atoms with Crippen molar-refractivity contribution in [2.75, 3.05) is 20.3 Å². The molecule has 3 fully saturated rings. The van der Waals surface area contributed by atoms with Gasteiger partial charge in [0, 0.05) is 29.8 Å². The normalized spacial score (nSPS) is 24.5. The molecular formula is C32H41N3O7. The fourth-order valence-electron chi connectivity index (χ4n) is 6.83. The number of aromatic amines is 1. The first-order valence-corrected chi connectivity index (χ1v) is 15.0. The van der Waals surface area contributed by atoms with Crippen molar-refractivity contribution in [3.05, 3.63) is 30.0 Å². The molecule has 2 aromatic rings. The Bertz CT molecular complexity index is 1390. The van der Waals surface area contributed by atoms with Gasteiger partial charge in [0.05, 0.1) is 18.6 Å². The van der Waals surface area contributed by atoms with Gasteiger partial charge in [-0.15, -0.1) is 0 Å². The zero-order valence-corrected chi connectivity index (χ0v) is 24.9. The molecule has 3 aliphatic rings. The molecule has 226 valence electrons. The summed E-state index contributed by atoms with van der Waals surface area (Å²) in [6.45, 7) is 5.06. The molecule has 0 spiro atoms. The summed E-state index contributed by atoms with van der Waals surface area (Å²) in [4.78, 5) is 70.8. The average molecular weight is 580 g/mol. The summed E-state index contributed by atoms with van der Waals surface area (Å²) < 4.78 is 10.7. The van der Waals surface area contributed by atoms with Crippen molar-refractivity contribution in [2.24, 2.45) is 23.2 Å². The number of likely N-dealkylation sites (tertiary alicyclic amines) is 1. The highest BCUT2D eigenvalue weighted by atomic mass is 16.5. The molecule has 1 aromatic heterocycles. The minimum atomic E-state index is -0.993. The van der Waals surface area contributed by atoms with Crippen LogP contribution in [0.2, 0.25) is 0 Å². The van der Waals surface area contributed by atoms with Crippen LogP contribution in [0.3, 0.4) is 0 Å². The Kier molecular flexibility index (Phi) is 8.44. The zero-order chi connectivity index (χ0) is 30.2. The number of esters is 1. The number of ether oxygens (including phenoxy) is 2. The van der Waals surface area contributed by atoms with Crippen molar-refractivity contribution in [3.63, 3.8) is 0 Å². The molecular weight excluding hydrogens is 538 g/mol. The number of methoxy groups -OCH3 is 1. The second kappa shape index (κ2) is 11.9. The van der Waals surface area contributed by atoms with E-state index < -0.39 is 41.8 Å². The number of H-pyrrole nitrogens is 1. The number of carbonyl (C=O) groups excluding carboxylic acids is 5. The van der Waals surface area contributed by atoms with Gasteiger partial charge in [0.25, 0.3) is 5.91 Å². The summed E-state index contributed by atoms with van der Waals surface area (Å²) in [5, 5.41) is 3.68. The summed E-state index contributed by atoms with van der Waals surface area (Å²) in [7, 11) is 1.58. The molecule has 5 atom stereocenters. The highest BCUT2D eigenvalue weighted by Gasteiger charge is 2.50. The van der Waals surface area contributed by atoms with Gasteiger partial charge in [-0.3, -0.25) is 24.0 Å².